The van der Waals surface area contributed by atoms with Gasteiger partial charge in [0.05, 0.1) is 17.5 Å². The van der Waals surface area contributed by atoms with Gasteiger partial charge in [0.2, 0.25) is 0 Å². The maximum absolute atomic E-state index is 12.7. The predicted octanol–water partition coefficient (Wildman–Crippen LogP) is 0.719. The zero-order valence-electron chi connectivity index (χ0n) is 16.0. The van der Waals surface area contributed by atoms with Gasteiger partial charge in [0.1, 0.15) is 32.2 Å². The van der Waals surface area contributed by atoms with E-state index in [9.17, 15) is 4.79 Å². The molecular formula is C21H31N3OS+2. The first-order valence-corrected chi connectivity index (χ1v) is 10.6. The largest absolute Gasteiger partial charge is 0.343 e. The highest BCUT2D eigenvalue weighted by atomic mass is 32.1. The first-order chi connectivity index (χ1) is 12.6. The Kier molecular flexibility index (Phi) is 6.46. The molecule has 3 rings (SSSR count). The Morgan fingerprint density at radius 2 is 1.85 bits per heavy atom. The summed E-state index contributed by atoms with van der Waals surface area (Å²) in [5.41, 5.74) is 1.91. The molecule has 0 saturated carbocycles. The van der Waals surface area contributed by atoms with E-state index >= 15 is 0 Å². The van der Waals surface area contributed by atoms with E-state index in [0.717, 1.165) is 18.7 Å². The molecule has 2 atom stereocenters. The number of thiophene rings is 1. The van der Waals surface area contributed by atoms with Crippen LogP contribution >= 0.6 is 11.3 Å². The van der Waals surface area contributed by atoms with Gasteiger partial charge in [-0.3, -0.25) is 4.79 Å². The molecule has 0 radical (unpaired) electrons. The van der Waals surface area contributed by atoms with Crippen LogP contribution in [0.3, 0.4) is 0 Å². The van der Waals surface area contributed by atoms with Gasteiger partial charge in [-0.15, -0.1) is 11.3 Å². The zero-order chi connectivity index (χ0) is 18.5. The number of carbonyl (C=O) groups is 1. The van der Waals surface area contributed by atoms with Gasteiger partial charge in [0.25, 0.3) is 5.91 Å². The molecule has 1 saturated heterocycles. The number of carbonyl (C=O) groups excluding carboxylic acids is 1. The van der Waals surface area contributed by atoms with Crippen LogP contribution in [-0.2, 0) is 0 Å². The minimum Gasteiger partial charge on any atom is -0.343 e. The second-order valence-electron chi connectivity index (χ2n) is 7.38. The van der Waals surface area contributed by atoms with Crippen LogP contribution in [0.4, 0.5) is 0 Å². The van der Waals surface area contributed by atoms with Crippen LogP contribution in [0.2, 0.25) is 0 Å². The van der Waals surface area contributed by atoms with Gasteiger partial charge < -0.3 is 15.1 Å². The highest BCUT2D eigenvalue weighted by molar-refractivity contribution is 7.10. The van der Waals surface area contributed by atoms with Crippen LogP contribution in [0.1, 0.15) is 40.7 Å². The fourth-order valence-corrected chi connectivity index (χ4v) is 4.93. The van der Waals surface area contributed by atoms with Crippen molar-refractivity contribution >= 4 is 17.2 Å². The summed E-state index contributed by atoms with van der Waals surface area (Å²) in [4.78, 5) is 17.4. The fraction of sp³-hybridized carbons (Fsp3) is 0.476. The lowest BCUT2D eigenvalue weighted by Gasteiger charge is -2.36. The van der Waals surface area contributed by atoms with E-state index in [-0.39, 0.29) is 11.9 Å². The van der Waals surface area contributed by atoms with Crippen LogP contribution in [0.25, 0.3) is 0 Å². The molecule has 0 unspecified atom stereocenters. The Labute approximate surface area is 160 Å². The first kappa shape index (κ1) is 19.1. The average Bonchev–Trinajstić information content (AvgIpc) is 3.17. The number of amides is 1. The molecule has 1 aromatic carbocycles. The van der Waals surface area contributed by atoms with E-state index in [0.29, 0.717) is 6.04 Å². The number of hydrogen-bond acceptors (Lipinski definition) is 2. The van der Waals surface area contributed by atoms with Crippen molar-refractivity contribution < 1.29 is 14.6 Å². The third-order valence-electron chi connectivity index (χ3n) is 5.56. The number of hydrogen-bond donors (Lipinski definition) is 3. The van der Waals surface area contributed by atoms with Gasteiger partial charge in [0, 0.05) is 5.56 Å². The standard InChI is InChI=1S/C21H29N3OS/c1-4-23-11-13-24(14-12-23)20(19-6-5-15-26-19)17(3)22-21(25)18-9-7-16(2)8-10-18/h5-10,15,17,20H,4,11-14H2,1-3H3,(H,22,25)/p+2/t17-,20-/m1/s1. The molecule has 26 heavy (non-hydrogen) atoms. The Morgan fingerprint density at radius 3 is 2.42 bits per heavy atom. The van der Waals surface area contributed by atoms with Crippen molar-refractivity contribution in [2.45, 2.75) is 32.9 Å². The summed E-state index contributed by atoms with van der Waals surface area (Å²) < 4.78 is 0. The Morgan fingerprint density at radius 1 is 1.15 bits per heavy atom. The van der Waals surface area contributed by atoms with E-state index in [1.165, 1.54) is 30.1 Å². The molecule has 1 aliphatic heterocycles. The van der Waals surface area contributed by atoms with Gasteiger partial charge in [-0.05, 0) is 44.4 Å². The molecule has 0 aliphatic carbocycles. The predicted molar refractivity (Wildman–Crippen MR) is 107 cm³/mol. The van der Waals surface area contributed by atoms with Gasteiger partial charge in [-0.25, -0.2) is 0 Å². The monoisotopic (exact) mass is 373 g/mol. The molecule has 140 valence electrons. The van der Waals surface area contributed by atoms with Crippen LogP contribution in [0.15, 0.2) is 41.8 Å². The van der Waals surface area contributed by atoms with E-state index in [1.54, 1.807) is 21.1 Å². The SMILES string of the molecule is CC[NH+]1CC[NH+]([C@@H](c2cccs2)[C@@H](C)NC(=O)c2ccc(C)cc2)CC1. The Hall–Kier alpha value is -1.69. The van der Waals surface area contributed by atoms with Crippen molar-refractivity contribution in [2.24, 2.45) is 0 Å². The summed E-state index contributed by atoms with van der Waals surface area (Å²) in [6.07, 6.45) is 0. The smallest absolute Gasteiger partial charge is 0.251 e. The number of nitrogens with one attached hydrogen (secondary N) is 3. The van der Waals surface area contributed by atoms with Gasteiger partial charge >= 0.3 is 0 Å². The minimum absolute atomic E-state index is 0.0243. The second-order valence-corrected chi connectivity index (χ2v) is 8.36. The number of aryl methyl sites for hydroxylation is 1. The van der Waals surface area contributed by atoms with E-state index in [2.05, 4.69) is 36.7 Å². The molecule has 0 bridgehead atoms. The van der Waals surface area contributed by atoms with Gasteiger partial charge in [-0.2, -0.15) is 0 Å². The van der Waals surface area contributed by atoms with Gasteiger partial charge in [0.15, 0.2) is 0 Å². The molecule has 2 heterocycles. The molecular weight excluding hydrogens is 342 g/mol. The second kappa shape index (κ2) is 8.80. The Balaban J connectivity index is 1.72. The van der Waals surface area contributed by atoms with Crippen LogP contribution in [-0.4, -0.2) is 44.7 Å². The van der Waals surface area contributed by atoms with Crippen molar-refractivity contribution in [1.29, 1.82) is 0 Å². The van der Waals surface area contributed by atoms with Crippen LogP contribution < -0.4 is 15.1 Å². The third kappa shape index (κ3) is 4.53. The van der Waals surface area contributed by atoms with Crippen molar-refractivity contribution in [3.63, 3.8) is 0 Å². The minimum atomic E-state index is 0.0243. The number of rotatable bonds is 6. The van der Waals surface area contributed by atoms with Crippen LogP contribution in [0.5, 0.6) is 0 Å². The summed E-state index contributed by atoms with van der Waals surface area (Å²) >= 11 is 1.81. The lowest BCUT2D eigenvalue weighted by Crippen LogP contribution is -3.28. The van der Waals surface area contributed by atoms with E-state index < -0.39 is 0 Å². The topological polar surface area (TPSA) is 38.0 Å². The number of likely N-dealkylation sites (N-methyl/N-ethyl adjacent to an activating group) is 1. The van der Waals surface area contributed by atoms with Crippen molar-refractivity contribution in [1.82, 2.24) is 5.32 Å². The molecule has 4 nitrogen and oxygen atoms in total. The fourth-order valence-electron chi connectivity index (χ4n) is 3.94. The molecule has 1 aliphatic rings. The van der Waals surface area contributed by atoms with Crippen molar-refractivity contribution in [3.8, 4) is 0 Å². The first-order valence-electron chi connectivity index (χ1n) is 9.67. The maximum Gasteiger partial charge on any atom is 0.251 e. The molecule has 2 aromatic rings. The third-order valence-corrected chi connectivity index (χ3v) is 6.52. The van der Waals surface area contributed by atoms with Crippen molar-refractivity contribution in [2.75, 3.05) is 32.7 Å². The zero-order valence-corrected chi connectivity index (χ0v) is 16.9. The average molecular weight is 374 g/mol. The quantitative estimate of drug-likeness (QED) is 0.686. The lowest BCUT2D eigenvalue weighted by molar-refractivity contribution is -1.03. The highest BCUT2D eigenvalue weighted by Gasteiger charge is 2.35. The molecule has 1 amide bonds. The molecule has 1 fully saturated rings. The highest BCUT2D eigenvalue weighted by Crippen LogP contribution is 2.20. The summed E-state index contributed by atoms with van der Waals surface area (Å²) in [6, 6.07) is 12.6. The number of benzene rings is 1. The molecule has 3 N–H and O–H groups in total. The van der Waals surface area contributed by atoms with E-state index in [4.69, 9.17) is 0 Å². The van der Waals surface area contributed by atoms with E-state index in [1.807, 2.05) is 31.2 Å². The normalized spacial score (nSPS) is 22.6. The summed E-state index contributed by atoms with van der Waals surface area (Å²) in [5, 5.41) is 5.41. The Bertz CT molecular complexity index is 691. The molecule has 5 heteroatoms. The van der Waals surface area contributed by atoms with Gasteiger partial charge in [-0.1, -0.05) is 23.8 Å². The number of piperazine rings is 1. The lowest BCUT2D eigenvalue weighted by atomic mass is 10.0. The molecule has 1 aromatic heterocycles. The van der Waals surface area contributed by atoms with Crippen molar-refractivity contribution in [3.05, 3.63) is 57.8 Å². The summed E-state index contributed by atoms with van der Waals surface area (Å²) in [7, 11) is 0. The van der Waals surface area contributed by atoms with Crippen LogP contribution in [0, 0.1) is 6.92 Å². The number of quaternary nitrogens is 2. The molecule has 0 spiro atoms. The maximum atomic E-state index is 12.7. The summed E-state index contributed by atoms with van der Waals surface area (Å²) in [6.45, 7) is 12.4. The summed E-state index contributed by atoms with van der Waals surface area (Å²) in [5.74, 6) is 0.0243.